The van der Waals surface area contributed by atoms with E-state index in [2.05, 4.69) is 16.7 Å². The number of benzene rings is 2. The number of fused-ring (bicyclic) bond motifs is 1. The third-order valence-corrected chi connectivity index (χ3v) is 4.22. The van der Waals surface area contributed by atoms with Crippen molar-refractivity contribution in [1.82, 2.24) is 5.32 Å². The summed E-state index contributed by atoms with van der Waals surface area (Å²) in [5.41, 5.74) is 4.03. The lowest BCUT2D eigenvalue weighted by molar-refractivity contribution is 0.0520. The maximum atomic E-state index is 12.3. The van der Waals surface area contributed by atoms with Crippen LogP contribution in [0.25, 0.3) is 0 Å². The highest BCUT2D eigenvalue weighted by molar-refractivity contribution is 7.80. The van der Waals surface area contributed by atoms with E-state index < -0.39 is 17.9 Å². The first-order valence-electron chi connectivity index (χ1n) is 8.77. The van der Waals surface area contributed by atoms with Crippen molar-refractivity contribution in [1.29, 1.82) is 0 Å². The van der Waals surface area contributed by atoms with Gasteiger partial charge in [-0.1, -0.05) is 54.2 Å². The van der Waals surface area contributed by atoms with Gasteiger partial charge in [-0.25, -0.2) is 4.79 Å². The molecular weight excluding hydrogens is 358 g/mol. The normalized spacial score (nSPS) is 16.5. The molecule has 0 aromatic heterocycles. The molecular formula is C21H23N3O2S. The van der Waals surface area contributed by atoms with E-state index in [9.17, 15) is 4.79 Å². The maximum Gasteiger partial charge on any atom is 0.409 e. The molecule has 140 valence electrons. The number of anilines is 1. The van der Waals surface area contributed by atoms with Crippen LogP contribution in [-0.2, 0) is 4.74 Å². The highest BCUT2D eigenvalue weighted by Crippen LogP contribution is 2.25. The monoisotopic (exact) mass is 381 g/mol. The molecule has 0 saturated heterocycles. The molecule has 0 spiro atoms. The van der Waals surface area contributed by atoms with Crippen LogP contribution in [0.3, 0.4) is 0 Å². The summed E-state index contributed by atoms with van der Waals surface area (Å²) in [7, 11) is 0. The topological polar surface area (TPSA) is 62.7 Å². The smallest absolute Gasteiger partial charge is 0.409 e. The van der Waals surface area contributed by atoms with Gasteiger partial charge in [0.1, 0.15) is 10.6 Å². The van der Waals surface area contributed by atoms with Gasteiger partial charge in [-0.3, -0.25) is 10.3 Å². The summed E-state index contributed by atoms with van der Waals surface area (Å²) in [6.45, 7) is 7.47. The molecule has 2 aromatic carbocycles. The van der Waals surface area contributed by atoms with Crippen molar-refractivity contribution in [3.63, 3.8) is 0 Å². The van der Waals surface area contributed by atoms with Gasteiger partial charge in [0.2, 0.25) is 0 Å². The molecule has 2 aromatic rings. The van der Waals surface area contributed by atoms with Crippen molar-refractivity contribution < 1.29 is 9.53 Å². The van der Waals surface area contributed by atoms with E-state index in [-0.39, 0.29) is 0 Å². The number of hydrogen-bond acceptors (Lipinski definition) is 4. The standard InChI is InChI=1S/C21H23N3O2S/c1-13-10-11-16-15(12-13)17(14-8-6-5-7-9-14)23-18(19(27)22-16)24-20(25)26-21(2,3)4/h5-12,18H,1-4H3,(H,22,27)(H,24,25). The summed E-state index contributed by atoms with van der Waals surface area (Å²) >= 11 is 5.50. The van der Waals surface area contributed by atoms with Gasteiger partial charge < -0.3 is 10.1 Å². The number of carbonyl (C=O) groups is 1. The molecule has 27 heavy (non-hydrogen) atoms. The molecule has 1 heterocycles. The fourth-order valence-corrected chi connectivity index (χ4v) is 2.99. The van der Waals surface area contributed by atoms with E-state index in [4.69, 9.17) is 21.9 Å². The van der Waals surface area contributed by atoms with Crippen LogP contribution >= 0.6 is 12.2 Å². The second-order valence-corrected chi connectivity index (χ2v) is 7.87. The third-order valence-electron chi connectivity index (χ3n) is 3.90. The Balaban J connectivity index is 2.03. The van der Waals surface area contributed by atoms with Crippen LogP contribution in [0.5, 0.6) is 0 Å². The summed E-state index contributed by atoms with van der Waals surface area (Å²) in [4.78, 5) is 17.5. The molecule has 3 rings (SSSR count). The van der Waals surface area contributed by atoms with Gasteiger partial charge in [0.25, 0.3) is 0 Å². The Morgan fingerprint density at radius 2 is 1.89 bits per heavy atom. The van der Waals surface area contributed by atoms with E-state index in [1.165, 1.54) is 0 Å². The van der Waals surface area contributed by atoms with Crippen molar-refractivity contribution in [3.8, 4) is 0 Å². The number of ether oxygens (including phenoxy) is 1. The molecule has 0 bridgehead atoms. The number of aliphatic imine (C=N–C) groups is 1. The Labute approximate surface area is 164 Å². The number of carbonyl (C=O) groups excluding carboxylic acids is 1. The van der Waals surface area contributed by atoms with Gasteiger partial charge in [-0.05, 0) is 39.8 Å². The Bertz CT molecular complexity index is 901. The zero-order chi connectivity index (χ0) is 19.6. The van der Waals surface area contributed by atoms with Crippen molar-refractivity contribution in [2.24, 2.45) is 4.99 Å². The Morgan fingerprint density at radius 3 is 2.56 bits per heavy atom. The molecule has 2 N–H and O–H groups in total. The summed E-state index contributed by atoms with van der Waals surface area (Å²) in [6, 6.07) is 15.9. The molecule has 0 radical (unpaired) electrons. The number of nitrogens with one attached hydrogen (secondary N) is 2. The highest BCUT2D eigenvalue weighted by atomic mass is 32.1. The van der Waals surface area contributed by atoms with E-state index in [1.54, 1.807) is 0 Å². The molecule has 1 atom stereocenters. The lowest BCUT2D eigenvalue weighted by atomic mass is 9.99. The van der Waals surface area contributed by atoms with Gasteiger partial charge in [-0.15, -0.1) is 0 Å². The van der Waals surface area contributed by atoms with E-state index in [0.717, 1.165) is 28.1 Å². The predicted molar refractivity (Wildman–Crippen MR) is 113 cm³/mol. The maximum absolute atomic E-state index is 12.3. The molecule has 5 nitrogen and oxygen atoms in total. The van der Waals surface area contributed by atoms with Gasteiger partial charge in [0, 0.05) is 16.8 Å². The molecule has 6 heteroatoms. The first-order valence-corrected chi connectivity index (χ1v) is 9.18. The van der Waals surface area contributed by atoms with Crippen molar-refractivity contribution in [2.45, 2.75) is 39.5 Å². The van der Waals surface area contributed by atoms with E-state index in [1.807, 2.05) is 70.2 Å². The fourth-order valence-electron chi connectivity index (χ4n) is 2.76. The number of amides is 1. The quantitative estimate of drug-likeness (QED) is 0.755. The lowest BCUT2D eigenvalue weighted by Gasteiger charge is -2.22. The Kier molecular flexibility index (Phi) is 5.28. The Hall–Kier alpha value is -2.73. The number of rotatable bonds is 2. The number of alkyl carbamates (subject to hydrolysis) is 1. The second kappa shape index (κ2) is 7.48. The summed E-state index contributed by atoms with van der Waals surface area (Å²) in [5, 5.41) is 5.98. The predicted octanol–water partition coefficient (Wildman–Crippen LogP) is 4.44. The van der Waals surface area contributed by atoms with Gasteiger partial charge >= 0.3 is 6.09 Å². The zero-order valence-corrected chi connectivity index (χ0v) is 16.7. The largest absolute Gasteiger partial charge is 0.444 e. The van der Waals surface area contributed by atoms with Crippen LogP contribution in [0.4, 0.5) is 10.5 Å². The fraction of sp³-hybridized carbons (Fsp3) is 0.286. The molecule has 1 amide bonds. The first-order chi connectivity index (χ1) is 12.7. The SMILES string of the molecule is Cc1ccc2c(c1)C(c1ccccc1)=NC(NC(=O)OC(C)(C)C)C(=S)N2. The molecule has 0 aliphatic carbocycles. The van der Waals surface area contributed by atoms with Gasteiger partial charge in [-0.2, -0.15) is 0 Å². The van der Waals surface area contributed by atoms with Crippen molar-refractivity contribution in [3.05, 3.63) is 65.2 Å². The third kappa shape index (κ3) is 4.71. The van der Waals surface area contributed by atoms with Gasteiger partial charge in [0.15, 0.2) is 6.17 Å². The van der Waals surface area contributed by atoms with E-state index in [0.29, 0.717) is 4.99 Å². The summed E-state index contributed by atoms with van der Waals surface area (Å²) in [5.74, 6) is 0. The highest BCUT2D eigenvalue weighted by Gasteiger charge is 2.26. The second-order valence-electron chi connectivity index (χ2n) is 7.43. The summed E-state index contributed by atoms with van der Waals surface area (Å²) in [6.07, 6.45) is -1.28. The minimum Gasteiger partial charge on any atom is -0.444 e. The minimum absolute atomic E-state index is 0.414. The zero-order valence-electron chi connectivity index (χ0n) is 15.9. The van der Waals surface area contributed by atoms with Crippen LogP contribution in [0.15, 0.2) is 53.5 Å². The lowest BCUT2D eigenvalue weighted by Crippen LogP contribution is -2.43. The van der Waals surface area contributed by atoms with Crippen molar-refractivity contribution >= 4 is 34.7 Å². The number of benzodiazepines with no additional fused rings is 1. The van der Waals surface area contributed by atoms with Crippen LogP contribution in [0.1, 0.15) is 37.5 Å². The first kappa shape index (κ1) is 19.0. The molecule has 0 fully saturated rings. The number of thiocarbonyl (C=S) groups is 1. The Morgan fingerprint density at radius 1 is 1.19 bits per heavy atom. The average molecular weight is 382 g/mol. The molecule has 0 saturated carbocycles. The summed E-state index contributed by atoms with van der Waals surface area (Å²) < 4.78 is 5.36. The number of hydrogen-bond donors (Lipinski definition) is 2. The number of aryl methyl sites for hydroxylation is 1. The number of nitrogens with zero attached hydrogens (tertiary/aromatic N) is 1. The van der Waals surface area contributed by atoms with E-state index >= 15 is 0 Å². The van der Waals surface area contributed by atoms with Crippen LogP contribution in [-0.4, -0.2) is 28.6 Å². The average Bonchev–Trinajstić information content (AvgIpc) is 2.71. The van der Waals surface area contributed by atoms with Crippen LogP contribution < -0.4 is 10.6 Å². The van der Waals surface area contributed by atoms with Gasteiger partial charge in [0.05, 0.1) is 5.71 Å². The molecule has 1 unspecified atom stereocenters. The van der Waals surface area contributed by atoms with Crippen LogP contribution in [0, 0.1) is 6.92 Å². The molecule has 1 aliphatic heterocycles. The minimum atomic E-state index is -0.724. The van der Waals surface area contributed by atoms with Crippen molar-refractivity contribution in [2.75, 3.05) is 5.32 Å². The van der Waals surface area contributed by atoms with Crippen LogP contribution in [0.2, 0.25) is 0 Å². The molecule has 1 aliphatic rings.